The summed E-state index contributed by atoms with van der Waals surface area (Å²) in [4.78, 5) is 19.7. The third kappa shape index (κ3) is 2.59. The van der Waals surface area contributed by atoms with E-state index in [9.17, 15) is 4.79 Å². The molecule has 0 saturated heterocycles. The van der Waals surface area contributed by atoms with E-state index in [4.69, 9.17) is 4.74 Å². The number of rotatable bonds is 3. The van der Waals surface area contributed by atoms with Gasteiger partial charge in [-0.3, -0.25) is 0 Å². The second kappa shape index (κ2) is 6.14. The van der Waals surface area contributed by atoms with Crippen LogP contribution in [0, 0.1) is 0 Å². The van der Waals surface area contributed by atoms with Gasteiger partial charge in [0.1, 0.15) is 5.69 Å². The molecule has 0 atom stereocenters. The maximum absolute atomic E-state index is 11.9. The molecule has 0 fully saturated rings. The predicted octanol–water partition coefficient (Wildman–Crippen LogP) is 3.88. The highest BCUT2D eigenvalue weighted by Gasteiger charge is 2.15. The van der Waals surface area contributed by atoms with E-state index < -0.39 is 0 Å². The van der Waals surface area contributed by atoms with Crippen molar-refractivity contribution in [2.75, 3.05) is 6.61 Å². The summed E-state index contributed by atoms with van der Waals surface area (Å²) in [7, 11) is 0. The fraction of sp³-hybridized carbons (Fsp3) is 0.250. The number of carbonyl (C=O) groups excluding carboxylic acids is 1. The number of para-hydroxylation sites is 1. The SMILES string of the molecule is CCOC(=O)c1cc2c([nH]c3ccccc32)c(CC)n1.Cl. The van der Waals surface area contributed by atoms with Gasteiger partial charge in [-0.1, -0.05) is 25.1 Å². The number of nitrogens with one attached hydrogen (secondary N) is 1. The molecule has 0 aliphatic rings. The first-order chi connectivity index (χ1) is 9.74. The zero-order valence-corrected chi connectivity index (χ0v) is 12.8. The first kappa shape index (κ1) is 15.3. The van der Waals surface area contributed by atoms with Crippen molar-refractivity contribution in [3.8, 4) is 0 Å². The Balaban J connectivity index is 0.00000161. The second-order valence-electron chi connectivity index (χ2n) is 4.62. The Labute approximate surface area is 128 Å². The lowest BCUT2D eigenvalue weighted by atomic mass is 10.1. The van der Waals surface area contributed by atoms with E-state index in [-0.39, 0.29) is 18.4 Å². The van der Waals surface area contributed by atoms with Crippen molar-refractivity contribution in [1.29, 1.82) is 0 Å². The van der Waals surface area contributed by atoms with Gasteiger partial charge < -0.3 is 9.72 Å². The number of H-pyrrole nitrogens is 1. The monoisotopic (exact) mass is 304 g/mol. The maximum atomic E-state index is 11.9. The van der Waals surface area contributed by atoms with Crippen LogP contribution >= 0.6 is 12.4 Å². The van der Waals surface area contributed by atoms with Crippen molar-refractivity contribution in [2.45, 2.75) is 20.3 Å². The zero-order chi connectivity index (χ0) is 14.1. The Hall–Kier alpha value is -2.07. The highest BCUT2D eigenvalue weighted by molar-refractivity contribution is 6.09. The number of aryl methyl sites for hydroxylation is 1. The van der Waals surface area contributed by atoms with E-state index in [0.29, 0.717) is 12.3 Å². The number of pyridine rings is 1. The van der Waals surface area contributed by atoms with E-state index in [2.05, 4.69) is 9.97 Å². The van der Waals surface area contributed by atoms with Crippen LogP contribution in [0.4, 0.5) is 0 Å². The van der Waals surface area contributed by atoms with Crippen LogP contribution in [0.15, 0.2) is 30.3 Å². The van der Waals surface area contributed by atoms with Crippen LogP contribution in [0.25, 0.3) is 21.8 Å². The maximum Gasteiger partial charge on any atom is 0.356 e. The molecule has 0 aliphatic carbocycles. The largest absolute Gasteiger partial charge is 0.461 e. The summed E-state index contributed by atoms with van der Waals surface area (Å²) in [6.45, 7) is 4.18. The van der Waals surface area contributed by atoms with Gasteiger partial charge >= 0.3 is 5.97 Å². The Kier molecular flexibility index (Phi) is 4.48. The molecule has 1 aromatic carbocycles. The Bertz CT molecular complexity index is 795. The number of aromatic nitrogens is 2. The average molecular weight is 305 g/mol. The lowest BCUT2D eigenvalue weighted by Gasteiger charge is -2.05. The molecule has 0 bridgehead atoms. The predicted molar refractivity (Wildman–Crippen MR) is 86.2 cm³/mol. The summed E-state index contributed by atoms with van der Waals surface area (Å²) in [5, 5.41) is 2.13. The molecule has 3 rings (SSSR count). The Morgan fingerprint density at radius 2 is 2.00 bits per heavy atom. The Morgan fingerprint density at radius 3 is 2.71 bits per heavy atom. The van der Waals surface area contributed by atoms with Crippen molar-refractivity contribution in [2.24, 2.45) is 0 Å². The van der Waals surface area contributed by atoms with Gasteiger partial charge in [-0.05, 0) is 25.5 Å². The molecule has 3 aromatic rings. The number of fused-ring (bicyclic) bond motifs is 3. The number of esters is 1. The number of aromatic amines is 1. The summed E-state index contributed by atoms with van der Waals surface area (Å²) in [5.41, 5.74) is 3.32. The van der Waals surface area contributed by atoms with E-state index in [1.165, 1.54) is 0 Å². The van der Waals surface area contributed by atoms with Crippen LogP contribution in [0.2, 0.25) is 0 Å². The average Bonchev–Trinajstić information content (AvgIpc) is 2.85. The lowest BCUT2D eigenvalue weighted by molar-refractivity contribution is 0.0519. The molecule has 0 spiro atoms. The smallest absolute Gasteiger partial charge is 0.356 e. The highest BCUT2D eigenvalue weighted by Crippen LogP contribution is 2.28. The van der Waals surface area contributed by atoms with Gasteiger partial charge in [-0.25, -0.2) is 9.78 Å². The number of halogens is 1. The second-order valence-corrected chi connectivity index (χ2v) is 4.62. The molecule has 0 aliphatic heterocycles. The molecule has 5 heteroatoms. The normalized spacial score (nSPS) is 10.6. The first-order valence-corrected chi connectivity index (χ1v) is 6.82. The van der Waals surface area contributed by atoms with E-state index in [1.807, 2.05) is 37.3 Å². The first-order valence-electron chi connectivity index (χ1n) is 6.82. The lowest BCUT2D eigenvalue weighted by Crippen LogP contribution is -2.08. The number of ether oxygens (including phenoxy) is 1. The van der Waals surface area contributed by atoms with Crippen LogP contribution in [0.5, 0.6) is 0 Å². The van der Waals surface area contributed by atoms with Crippen LogP contribution in [0.3, 0.4) is 0 Å². The van der Waals surface area contributed by atoms with Crippen LogP contribution in [-0.2, 0) is 11.2 Å². The number of benzene rings is 1. The van der Waals surface area contributed by atoms with Gasteiger partial charge in [0.2, 0.25) is 0 Å². The zero-order valence-electron chi connectivity index (χ0n) is 12.0. The third-order valence-electron chi connectivity index (χ3n) is 3.39. The molecule has 2 aromatic heterocycles. The summed E-state index contributed by atoms with van der Waals surface area (Å²) >= 11 is 0. The number of nitrogens with zero attached hydrogens (tertiary/aromatic N) is 1. The van der Waals surface area contributed by atoms with Crippen molar-refractivity contribution < 1.29 is 9.53 Å². The van der Waals surface area contributed by atoms with Crippen LogP contribution in [0.1, 0.15) is 30.0 Å². The summed E-state index contributed by atoms with van der Waals surface area (Å²) in [5.74, 6) is -0.366. The molecule has 0 radical (unpaired) electrons. The summed E-state index contributed by atoms with van der Waals surface area (Å²) in [6.07, 6.45) is 0.760. The number of carbonyl (C=O) groups is 1. The van der Waals surface area contributed by atoms with Crippen molar-refractivity contribution in [3.05, 3.63) is 41.7 Å². The summed E-state index contributed by atoms with van der Waals surface area (Å²) < 4.78 is 5.05. The topological polar surface area (TPSA) is 55.0 Å². The molecule has 2 heterocycles. The van der Waals surface area contributed by atoms with Crippen molar-refractivity contribution in [1.82, 2.24) is 9.97 Å². The highest BCUT2D eigenvalue weighted by atomic mass is 35.5. The summed E-state index contributed by atoms with van der Waals surface area (Å²) in [6, 6.07) is 9.86. The molecule has 4 nitrogen and oxygen atoms in total. The molecule has 0 saturated carbocycles. The van der Waals surface area contributed by atoms with Gasteiger partial charge in [0, 0.05) is 16.3 Å². The van der Waals surface area contributed by atoms with Crippen molar-refractivity contribution in [3.63, 3.8) is 0 Å². The third-order valence-corrected chi connectivity index (χ3v) is 3.39. The van der Waals surface area contributed by atoms with Gasteiger partial charge in [0.25, 0.3) is 0 Å². The van der Waals surface area contributed by atoms with Gasteiger partial charge in [0.15, 0.2) is 0 Å². The molecule has 110 valence electrons. The van der Waals surface area contributed by atoms with Crippen molar-refractivity contribution >= 4 is 40.2 Å². The minimum atomic E-state index is -0.366. The van der Waals surface area contributed by atoms with Gasteiger partial charge in [-0.15, -0.1) is 12.4 Å². The molecule has 21 heavy (non-hydrogen) atoms. The quantitative estimate of drug-likeness (QED) is 0.747. The van der Waals surface area contributed by atoms with E-state index in [0.717, 1.165) is 33.9 Å². The van der Waals surface area contributed by atoms with Crippen LogP contribution in [-0.4, -0.2) is 22.5 Å². The minimum absolute atomic E-state index is 0. The Morgan fingerprint density at radius 1 is 1.24 bits per heavy atom. The molecule has 1 N–H and O–H groups in total. The number of hydrogen-bond donors (Lipinski definition) is 1. The fourth-order valence-corrected chi connectivity index (χ4v) is 2.48. The fourth-order valence-electron chi connectivity index (χ4n) is 2.48. The number of hydrogen-bond acceptors (Lipinski definition) is 3. The molecule has 0 amide bonds. The van der Waals surface area contributed by atoms with Crippen LogP contribution < -0.4 is 0 Å². The van der Waals surface area contributed by atoms with E-state index >= 15 is 0 Å². The molecular weight excluding hydrogens is 288 g/mol. The van der Waals surface area contributed by atoms with Gasteiger partial charge in [0.05, 0.1) is 17.8 Å². The minimum Gasteiger partial charge on any atom is -0.461 e. The molecule has 0 unspecified atom stereocenters. The standard InChI is InChI=1S/C16H16N2O2.ClH/c1-3-12-15-11(9-14(17-12)16(19)20-4-2)10-7-5-6-8-13(10)18-15;/h5-9,18H,3-4H2,1-2H3;1H. The molecular formula is C16H17ClN2O2. The van der Waals surface area contributed by atoms with Gasteiger partial charge in [-0.2, -0.15) is 0 Å². The van der Waals surface area contributed by atoms with E-state index in [1.54, 1.807) is 6.92 Å².